The minimum Gasteiger partial charge on any atom is -0.379 e. The van der Waals surface area contributed by atoms with Gasteiger partial charge in [0.2, 0.25) is 5.91 Å². The van der Waals surface area contributed by atoms with Gasteiger partial charge in [0.05, 0.1) is 25.5 Å². The number of carbonyl (C=O) groups is 1. The Morgan fingerprint density at radius 1 is 1.19 bits per heavy atom. The van der Waals surface area contributed by atoms with E-state index in [0.717, 1.165) is 62.5 Å². The highest BCUT2D eigenvalue weighted by Gasteiger charge is 2.17. The van der Waals surface area contributed by atoms with Crippen LogP contribution in [0.4, 0.5) is 5.69 Å². The third-order valence-corrected chi connectivity index (χ3v) is 5.52. The van der Waals surface area contributed by atoms with Crippen molar-refractivity contribution in [2.75, 3.05) is 37.4 Å². The molecule has 1 aromatic heterocycles. The smallest absolute Gasteiger partial charge is 0.234 e. The van der Waals surface area contributed by atoms with Gasteiger partial charge in [0.1, 0.15) is 5.82 Å². The molecule has 1 aromatic carbocycles. The first-order valence-corrected chi connectivity index (χ1v) is 10.4. The Hall–Kier alpha value is -1.90. The summed E-state index contributed by atoms with van der Waals surface area (Å²) in [6.07, 6.45) is 0.990. The van der Waals surface area contributed by atoms with Crippen LogP contribution in [0.5, 0.6) is 0 Å². The second-order valence-electron chi connectivity index (χ2n) is 6.42. The number of nitrogens with one attached hydrogen (secondary N) is 1. The maximum Gasteiger partial charge on any atom is 0.234 e. The van der Waals surface area contributed by atoms with Crippen molar-refractivity contribution < 1.29 is 9.53 Å². The summed E-state index contributed by atoms with van der Waals surface area (Å²) in [5, 5.41) is 12.4. The van der Waals surface area contributed by atoms with Crippen LogP contribution >= 0.6 is 11.8 Å². The first-order chi connectivity index (χ1) is 13.2. The number of morpholine rings is 1. The Balaban J connectivity index is 1.54. The van der Waals surface area contributed by atoms with Crippen molar-refractivity contribution in [2.24, 2.45) is 0 Å². The van der Waals surface area contributed by atoms with Crippen molar-refractivity contribution in [2.45, 2.75) is 38.5 Å². The molecule has 27 heavy (non-hydrogen) atoms. The number of ether oxygens (including phenoxy) is 1. The Kier molecular flexibility index (Phi) is 7.25. The zero-order valence-electron chi connectivity index (χ0n) is 16.0. The number of aryl methyl sites for hydroxylation is 1. The minimum absolute atomic E-state index is 0.0374. The van der Waals surface area contributed by atoms with Crippen LogP contribution in [0.3, 0.4) is 0 Å². The van der Waals surface area contributed by atoms with Gasteiger partial charge in [0.15, 0.2) is 5.16 Å². The first-order valence-electron chi connectivity index (χ1n) is 9.43. The van der Waals surface area contributed by atoms with Crippen molar-refractivity contribution in [1.29, 1.82) is 0 Å². The van der Waals surface area contributed by atoms with E-state index >= 15 is 0 Å². The fourth-order valence-corrected chi connectivity index (χ4v) is 3.79. The van der Waals surface area contributed by atoms with E-state index in [-0.39, 0.29) is 5.91 Å². The van der Waals surface area contributed by atoms with Crippen LogP contribution in [-0.2, 0) is 29.0 Å². The number of benzene rings is 1. The summed E-state index contributed by atoms with van der Waals surface area (Å²) < 4.78 is 7.48. The summed E-state index contributed by atoms with van der Waals surface area (Å²) in [7, 11) is 0. The molecule has 7 nitrogen and oxygen atoms in total. The average Bonchev–Trinajstić information content (AvgIpc) is 3.09. The predicted molar refractivity (Wildman–Crippen MR) is 107 cm³/mol. The largest absolute Gasteiger partial charge is 0.379 e. The van der Waals surface area contributed by atoms with E-state index in [9.17, 15) is 4.79 Å². The number of aromatic nitrogens is 3. The first kappa shape index (κ1) is 19.9. The topological polar surface area (TPSA) is 72.3 Å². The van der Waals surface area contributed by atoms with E-state index in [2.05, 4.69) is 38.8 Å². The van der Waals surface area contributed by atoms with Gasteiger partial charge >= 0.3 is 0 Å². The zero-order chi connectivity index (χ0) is 19.1. The van der Waals surface area contributed by atoms with Gasteiger partial charge in [-0.3, -0.25) is 9.69 Å². The SMILES string of the molecule is CCc1ccc(NC(=O)CSc2nnc(CN3CCOCC3)n2CC)cc1. The molecule has 1 amide bonds. The Morgan fingerprint density at radius 3 is 2.59 bits per heavy atom. The standard InChI is InChI=1S/C19H27N5O2S/c1-3-15-5-7-16(8-6-15)20-18(25)14-27-19-22-21-17(24(19)4-2)13-23-9-11-26-12-10-23/h5-8H,3-4,9-14H2,1-2H3,(H,20,25). The lowest BCUT2D eigenvalue weighted by Gasteiger charge is -2.26. The zero-order valence-corrected chi connectivity index (χ0v) is 16.8. The molecule has 0 bridgehead atoms. The molecule has 1 aliphatic heterocycles. The molecule has 0 unspecified atom stereocenters. The van der Waals surface area contributed by atoms with E-state index in [4.69, 9.17) is 4.74 Å². The van der Waals surface area contributed by atoms with Gasteiger partial charge in [-0.1, -0.05) is 30.8 Å². The van der Waals surface area contributed by atoms with Crippen molar-refractivity contribution >= 4 is 23.4 Å². The quantitative estimate of drug-likeness (QED) is 0.699. The molecule has 0 spiro atoms. The Labute approximate surface area is 164 Å². The fourth-order valence-electron chi connectivity index (χ4n) is 2.97. The number of thioether (sulfide) groups is 1. The van der Waals surface area contributed by atoms with Crippen molar-refractivity contribution in [3.8, 4) is 0 Å². The number of anilines is 1. The highest BCUT2D eigenvalue weighted by atomic mass is 32.2. The monoisotopic (exact) mass is 389 g/mol. The molecule has 146 valence electrons. The molecule has 0 radical (unpaired) electrons. The number of rotatable bonds is 8. The summed E-state index contributed by atoms with van der Waals surface area (Å²) >= 11 is 1.42. The van der Waals surface area contributed by atoms with E-state index in [1.54, 1.807) is 0 Å². The maximum atomic E-state index is 12.3. The Morgan fingerprint density at radius 2 is 1.93 bits per heavy atom. The second kappa shape index (κ2) is 9.87. The molecule has 8 heteroatoms. The van der Waals surface area contributed by atoms with Crippen molar-refractivity contribution in [3.63, 3.8) is 0 Å². The van der Waals surface area contributed by atoms with Crippen molar-refractivity contribution in [3.05, 3.63) is 35.7 Å². The normalized spacial score (nSPS) is 15.0. The lowest BCUT2D eigenvalue weighted by atomic mass is 10.1. The summed E-state index contributed by atoms with van der Waals surface area (Å²) in [6, 6.07) is 7.95. The van der Waals surface area contributed by atoms with Gasteiger partial charge in [-0.05, 0) is 31.0 Å². The van der Waals surface area contributed by atoms with Gasteiger partial charge in [0, 0.05) is 25.3 Å². The predicted octanol–water partition coefficient (Wildman–Crippen LogP) is 2.42. The van der Waals surface area contributed by atoms with Crippen LogP contribution in [0.25, 0.3) is 0 Å². The van der Waals surface area contributed by atoms with Gasteiger partial charge in [-0.15, -0.1) is 10.2 Å². The van der Waals surface area contributed by atoms with E-state index in [1.165, 1.54) is 17.3 Å². The van der Waals surface area contributed by atoms with Gasteiger partial charge in [0.25, 0.3) is 0 Å². The minimum atomic E-state index is -0.0374. The second-order valence-corrected chi connectivity index (χ2v) is 7.36. The van der Waals surface area contributed by atoms with Crippen LogP contribution in [0.2, 0.25) is 0 Å². The van der Waals surface area contributed by atoms with Gasteiger partial charge in [-0.2, -0.15) is 0 Å². The molecule has 3 rings (SSSR count). The molecular formula is C19H27N5O2S. The molecule has 1 saturated heterocycles. The summed E-state index contributed by atoms with van der Waals surface area (Å²) in [5.74, 6) is 1.22. The van der Waals surface area contributed by atoms with Crippen LogP contribution < -0.4 is 5.32 Å². The highest BCUT2D eigenvalue weighted by molar-refractivity contribution is 7.99. The highest BCUT2D eigenvalue weighted by Crippen LogP contribution is 2.19. The lowest BCUT2D eigenvalue weighted by molar-refractivity contribution is -0.113. The van der Waals surface area contributed by atoms with Crippen LogP contribution in [0, 0.1) is 0 Å². The molecule has 1 fully saturated rings. The van der Waals surface area contributed by atoms with Crippen LogP contribution in [0.1, 0.15) is 25.2 Å². The molecular weight excluding hydrogens is 362 g/mol. The number of amides is 1. The number of hydrogen-bond donors (Lipinski definition) is 1. The summed E-state index contributed by atoms with van der Waals surface area (Å²) in [6.45, 7) is 9.10. The van der Waals surface area contributed by atoms with Crippen LogP contribution in [0.15, 0.2) is 29.4 Å². The van der Waals surface area contributed by atoms with Gasteiger partial charge < -0.3 is 14.6 Å². The number of nitrogens with zero attached hydrogens (tertiary/aromatic N) is 4. The molecule has 2 aromatic rings. The molecule has 1 aliphatic rings. The molecule has 2 heterocycles. The third-order valence-electron chi connectivity index (χ3n) is 4.56. The maximum absolute atomic E-state index is 12.3. The van der Waals surface area contributed by atoms with E-state index < -0.39 is 0 Å². The number of hydrogen-bond acceptors (Lipinski definition) is 6. The fraction of sp³-hybridized carbons (Fsp3) is 0.526. The van der Waals surface area contributed by atoms with Crippen molar-refractivity contribution in [1.82, 2.24) is 19.7 Å². The third kappa shape index (κ3) is 5.54. The molecule has 0 aliphatic carbocycles. The molecule has 1 N–H and O–H groups in total. The van der Waals surface area contributed by atoms with E-state index in [1.807, 2.05) is 24.3 Å². The average molecular weight is 390 g/mol. The lowest BCUT2D eigenvalue weighted by Crippen LogP contribution is -2.36. The van der Waals surface area contributed by atoms with Crippen LogP contribution in [-0.4, -0.2) is 57.6 Å². The number of carbonyl (C=O) groups excluding carboxylic acids is 1. The van der Waals surface area contributed by atoms with E-state index in [0.29, 0.717) is 5.75 Å². The molecule has 0 saturated carbocycles. The Bertz CT molecular complexity index is 741. The van der Waals surface area contributed by atoms with Gasteiger partial charge in [-0.25, -0.2) is 0 Å². The summed E-state index contributed by atoms with van der Waals surface area (Å²) in [5.41, 5.74) is 2.08. The summed E-state index contributed by atoms with van der Waals surface area (Å²) in [4.78, 5) is 14.6. The molecule has 0 atom stereocenters.